The molecule has 29 nitrogen and oxygen atoms in total. The highest BCUT2D eigenvalue weighted by molar-refractivity contribution is 7.93. The van der Waals surface area contributed by atoms with Crippen molar-refractivity contribution >= 4 is 98.5 Å². The third-order valence-corrected chi connectivity index (χ3v) is 37.8. The number of hydrogen-bond donors (Lipinski definition) is 0. The van der Waals surface area contributed by atoms with Crippen molar-refractivity contribution in [1.82, 2.24) is 54.8 Å². The molecule has 8 saturated heterocycles. The van der Waals surface area contributed by atoms with E-state index in [2.05, 4.69) is 74.4 Å². The van der Waals surface area contributed by atoms with Crippen molar-refractivity contribution in [3.05, 3.63) is 158 Å². The van der Waals surface area contributed by atoms with Crippen LogP contribution in [0.2, 0.25) is 5.15 Å². The van der Waals surface area contributed by atoms with Crippen LogP contribution in [-0.2, 0) is 103 Å². The number of methoxy groups -OCH3 is 1. The predicted molar refractivity (Wildman–Crippen MR) is 489 cm³/mol. The van der Waals surface area contributed by atoms with Gasteiger partial charge in [-0.3, -0.25) is 0 Å². The Morgan fingerprint density at radius 1 is 0.402 bits per heavy atom. The molecule has 0 saturated carbocycles. The summed E-state index contributed by atoms with van der Waals surface area (Å²) in [5, 5.41) is 0.382. The second-order valence-corrected chi connectivity index (χ2v) is 46.0. The predicted octanol–water partition coefficient (Wildman–Crippen LogP) is 12.8. The molecule has 1 aromatic carbocycles. The van der Waals surface area contributed by atoms with Gasteiger partial charge in [0.25, 0.3) is 0 Å². The topological polar surface area (TPSA) is 347 Å². The first-order chi connectivity index (χ1) is 60.7. The molecule has 674 valence electrons. The molecular formula is C92H109ClFN15O14S4. The lowest BCUT2D eigenvalue weighted by atomic mass is 9.99. The van der Waals surface area contributed by atoms with Crippen molar-refractivity contribution in [3.63, 3.8) is 0 Å². The highest BCUT2D eigenvalue weighted by atomic mass is 35.5. The molecule has 8 aromatic rings. The van der Waals surface area contributed by atoms with Gasteiger partial charge in [0.15, 0.2) is 62.6 Å². The molecule has 0 bridgehead atoms. The van der Waals surface area contributed by atoms with Gasteiger partial charge >= 0.3 is 0 Å². The maximum absolute atomic E-state index is 14.4. The molecule has 127 heavy (non-hydrogen) atoms. The molecule has 0 spiro atoms. The van der Waals surface area contributed by atoms with Gasteiger partial charge in [-0.05, 0) is 149 Å². The summed E-state index contributed by atoms with van der Waals surface area (Å²) >= 11 is 6.31. The van der Waals surface area contributed by atoms with Crippen LogP contribution in [0.15, 0.2) is 78.9 Å². The second kappa shape index (κ2) is 35.5. The molecule has 15 heterocycles. The first kappa shape index (κ1) is 89.6. The quantitative estimate of drug-likeness (QED) is 0.0860. The molecule has 4 unspecified atom stereocenters. The number of sulfone groups is 4. The molecular weight excluding hydrogens is 1720 g/mol. The number of benzene rings is 1. The summed E-state index contributed by atoms with van der Waals surface area (Å²) in [6.45, 7) is 25.4. The van der Waals surface area contributed by atoms with E-state index >= 15 is 0 Å². The number of hydrogen-bond acceptors (Lipinski definition) is 29. The van der Waals surface area contributed by atoms with Crippen LogP contribution < -0.4 is 29.1 Å². The minimum atomic E-state index is -3.34. The minimum absolute atomic E-state index is 0.0930. The molecule has 12 aliphatic rings. The fourth-order valence-corrected chi connectivity index (χ4v) is 26.9. The summed E-state index contributed by atoms with van der Waals surface area (Å²) < 4.78 is 148. The summed E-state index contributed by atoms with van der Waals surface area (Å²) in [4.78, 5) is 61.2. The highest BCUT2D eigenvalue weighted by Crippen LogP contribution is 2.49. The van der Waals surface area contributed by atoms with Gasteiger partial charge in [-0.2, -0.15) is 0 Å². The maximum atomic E-state index is 14.4. The largest absolute Gasteiger partial charge is 0.481 e. The van der Waals surface area contributed by atoms with Crippen molar-refractivity contribution in [3.8, 4) is 57.3 Å². The number of halogens is 2. The van der Waals surface area contributed by atoms with Gasteiger partial charge in [0.05, 0.1) is 154 Å². The zero-order chi connectivity index (χ0) is 89.3. The van der Waals surface area contributed by atoms with Crippen molar-refractivity contribution in [2.24, 2.45) is 0 Å². The average molecular weight is 1830 g/mol. The number of fused-ring (bicyclic) bond motifs is 4. The van der Waals surface area contributed by atoms with E-state index in [1.165, 1.54) is 12.1 Å². The normalized spacial score (nSPS) is 26.5. The molecule has 0 N–H and O–H groups in total. The number of morpholine rings is 4. The lowest BCUT2D eigenvalue weighted by Crippen LogP contribution is -2.44. The summed E-state index contributed by atoms with van der Waals surface area (Å²) in [7, 11) is -11.7. The number of rotatable bonds is 15. The van der Waals surface area contributed by atoms with E-state index in [1.54, 1.807) is 40.9 Å². The standard InChI is InChI=1S/C24H30N4O4S.C23H26FN3O3S.C23H28N4O4S.C22H25ClN4O3S/c1-4-32-22-13-18(17-7-5-8-19(17)25-22)23-26-20(24(3)9-6-12-33(24,29)30)14-21(27-23)28-10-11-31-15-16(28)2;1-15-14-30-9-8-27(15)21-13-20(23(2)7-4-10-31(23,28)29)25-22(26-21)19-12-17(24)11-16-5-3-6-18(16)19;1-15-14-31-10-9-27(15)20-13-19(23(2)8-5-11-32(23,28)29)25-22(26-20)17-12-21(30-3)24-18-7-4-6-16(17)18;1-14-13-30-9-8-27(14)20-12-18(22(2)7-4-10-31(22,28)29)25-21(26-20)16-11-19(23)24-17-6-3-5-15(16)17/h5,7,13-14,16H,4,6,8-12,15H2,1-3H3;3,6,11-13,15H,4-5,7-10,14H2,1-2H3;4,6,12-13,15H,5,7-11,14H2,1-3H3;3,5,11-12,14H,4,6-10,13H2,1-2H3/t16-,24?;2*15-,23?;14-,22?/m1111/s1. The van der Waals surface area contributed by atoms with Crippen molar-refractivity contribution < 1.29 is 66.5 Å². The molecule has 8 aliphatic heterocycles. The van der Waals surface area contributed by atoms with Crippen LogP contribution in [0.4, 0.5) is 27.7 Å². The van der Waals surface area contributed by atoms with Gasteiger partial charge < -0.3 is 48.0 Å². The fourth-order valence-electron chi connectivity index (χ4n) is 19.3. The summed E-state index contributed by atoms with van der Waals surface area (Å²) in [6, 6.07) is 16.3. The molecule has 20 rings (SSSR count). The van der Waals surface area contributed by atoms with E-state index in [0.717, 1.165) is 91.9 Å². The third-order valence-electron chi connectivity index (χ3n) is 27.1. The first-order valence-corrected chi connectivity index (χ1v) is 51.0. The molecule has 4 aliphatic carbocycles. The summed E-state index contributed by atoms with van der Waals surface area (Å²) in [5.41, 5.74) is 12.6. The zero-order valence-electron chi connectivity index (χ0n) is 73.4. The molecule has 8 fully saturated rings. The summed E-state index contributed by atoms with van der Waals surface area (Å²) in [6.07, 6.45) is 23.7. The number of nitrogens with zero attached hydrogens (tertiary/aromatic N) is 15. The smallest absolute Gasteiger partial charge is 0.214 e. The van der Waals surface area contributed by atoms with Gasteiger partial charge in [-0.25, -0.2) is 92.9 Å². The second-order valence-electron chi connectivity index (χ2n) is 35.5. The average Bonchev–Trinajstić information content (AvgIpc) is 1.65. The van der Waals surface area contributed by atoms with Gasteiger partial charge in [0.1, 0.15) is 53.2 Å². The zero-order valence-corrected chi connectivity index (χ0v) is 77.5. The van der Waals surface area contributed by atoms with Gasteiger partial charge in [0.2, 0.25) is 11.8 Å². The Balaban J connectivity index is 0.000000119. The van der Waals surface area contributed by atoms with Crippen LogP contribution in [0, 0.1) is 5.82 Å². The first-order valence-electron chi connectivity index (χ1n) is 44.0. The lowest BCUT2D eigenvalue weighted by molar-refractivity contribution is 0.0985. The lowest BCUT2D eigenvalue weighted by Gasteiger charge is -2.35. The Hall–Kier alpha value is -9.39. The molecule has 7 aromatic heterocycles. The van der Waals surface area contributed by atoms with E-state index in [1.807, 2.05) is 79.8 Å². The van der Waals surface area contributed by atoms with Crippen molar-refractivity contribution in [1.29, 1.82) is 0 Å². The van der Waals surface area contributed by atoms with Gasteiger partial charge in [-0.15, -0.1) is 0 Å². The summed E-state index contributed by atoms with van der Waals surface area (Å²) in [5.74, 6) is 6.14. The van der Waals surface area contributed by atoms with Crippen LogP contribution >= 0.6 is 11.6 Å². The SMILES string of the molecule is CCOc1cc(-c2nc(N3CCOC[C@H]3C)cc(C3(C)CCCS3(=O)=O)n2)c2c(n1)CC=C2.COc1cc(-c2nc(N3CCOC[C@H]3C)cc(C3(C)CCCS3(=O)=O)n2)c2c(n1)CC=C2.C[C@@H]1COCCN1c1cc(C2(C)CCCS2(=O)=O)nc(-c2cc(Cl)nc3c2C=CC3)n1.C[C@@H]1COCCN1c1cc(C2(C)CCCS2(=O)=O)nc(-c2cc(F)cc3c2C=CC3)n1. The number of pyridine rings is 3. The Morgan fingerprint density at radius 2 is 0.709 bits per heavy atom. The van der Waals surface area contributed by atoms with E-state index in [0.29, 0.717) is 224 Å². The van der Waals surface area contributed by atoms with E-state index in [4.69, 9.17) is 79.9 Å². The Morgan fingerprint density at radius 3 is 1.03 bits per heavy atom. The molecule has 8 atom stereocenters. The van der Waals surface area contributed by atoms with E-state index in [9.17, 15) is 38.1 Å². The van der Waals surface area contributed by atoms with Crippen molar-refractivity contribution in [2.75, 3.05) is 135 Å². The van der Waals surface area contributed by atoms with Crippen LogP contribution in [0.5, 0.6) is 11.8 Å². The van der Waals surface area contributed by atoms with Gasteiger partial charge in [0, 0.05) is 121 Å². The number of allylic oxidation sites excluding steroid dienone is 4. The molecule has 35 heteroatoms. The number of anilines is 4. The van der Waals surface area contributed by atoms with Crippen LogP contribution in [-0.4, -0.2) is 228 Å². The maximum Gasteiger partial charge on any atom is 0.214 e. The minimum Gasteiger partial charge on any atom is -0.481 e. The van der Waals surface area contributed by atoms with Crippen LogP contribution in [0.1, 0.15) is 181 Å². The van der Waals surface area contributed by atoms with Crippen molar-refractivity contribution in [2.45, 2.75) is 183 Å². The third kappa shape index (κ3) is 17.1. The van der Waals surface area contributed by atoms with Crippen LogP contribution in [0.3, 0.4) is 0 Å². The van der Waals surface area contributed by atoms with E-state index < -0.39 is 58.3 Å². The number of aromatic nitrogens is 11. The monoisotopic (exact) mass is 1830 g/mol. The fraction of sp³-hybridized carbons (Fsp3) is 0.511. The Labute approximate surface area is 747 Å². The molecule has 0 radical (unpaired) electrons. The number of ether oxygens (including phenoxy) is 6. The van der Waals surface area contributed by atoms with E-state index in [-0.39, 0.29) is 53.0 Å². The van der Waals surface area contributed by atoms with Crippen LogP contribution in [0.25, 0.3) is 69.9 Å². The molecule has 0 amide bonds. The Bertz CT molecular complexity index is 6090. The van der Waals surface area contributed by atoms with Gasteiger partial charge in [-0.1, -0.05) is 60.2 Å². The highest BCUT2D eigenvalue weighted by Gasteiger charge is 2.51. The Kier molecular flexibility index (Phi) is 25.0.